The van der Waals surface area contributed by atoms with Crippen LogP contribution in [0.1, 0.15) is 31.2 Å². The van der Waals surface area contributed by atoms with Crippen LogP contribution in [0.5, 0.6) is 0 Å². The first-order valence-electron chi connectivity index (χ1n) is 6.52. The van der Waals surface area contributed by atoms with Gasteiger partial charge in [-0.1, -0.05) is 24.6 Å². The highest BCUT2D eigenvalue weighted by Crippen LogP contribution is 2.36. The highest BCUT2D eigenvalue weighted by Gasteiger charge is 2.31. The third kappa shape index (κ3) is 1.98. The van der Waals surface area contributed by atoms with Gasteiger partial charge >= 0.3 is 0 Å². The van der Waals surface area contributed by atoms with Gasteiger partial charge in [-0.2, -0.15) is 0 Å². The van der Waals surface area contributed by atoms with Crippen molar-refractivity contribution in [3.63, 3.8) is 0 Å². The molecule has 2 bridgehead atoms. The molecular formula is C15H20N2. The Labute approximate surface area is 103 Å². The second-order valence-corrected chi connectivity index (χ2v) is 5.34. The number of benzene rings is 1. The maximum absolute atomic E-state index is 5.87. The highest BCUT2D eigenvalue weighted by atomic mass is 15.2. The maximum atomic E-state index is 5.87. The van der Waals surface area contributed by atoms with Crippen molar-refractivity contribution in [2.45, 2.75) is 37.8 Å². The van der Waals surface area contributed by atoms with Crippen LogP contribution in [-0.4, -0.2) is 24.0 Å². The van der Waals surface area contributed by atoms with Crippen LogP contribution >= 0.6 is 0 Å². The van der Waals surface area contributed by atoms with E-state index >= 15 is 0 Å². The van der Waals surface area contributed by atoms with Crippen LogP contribution in [0, 0.1) is 0 Å². The summed E-state index contributed by atoms with van der Waals surface area (Å²) in [5.74, 6) is 0. The molecule has 2 aliphatic heterocycles. The Hall–Kier alpha value is -1.28. The van der Waals surface area contributed by atoms with Crippen molar-refractivity contribution in [1.82, 2.24) is 4.90 Å². The summed E-state index contributed by atoms with van der Waals surface area (Å²) in [6.07, 6.45) is 7.65. The molecule has 2 nitrogen and oxygen atoms in total. The minimum Gasteiger partial charge on any atom is -0.399 e. The number of nitrogen functional groups attached to an aromatic ring is 1. The molecule has 0 saturated carbocycles. The molecule has 1 aromatic rings. The summed E-state index contributed by atoms with van der Waals surface area (Å²) in [4.78, 5) is 2.54. The molecule has 2 atom stereocenters. The fourth-order valence-electron chi connectivity index (χ4n) is 3.19. The maximum Gasteiger partial charge on any atom is 0.0320 e. The number of hydrogen-bond donors (Lipinski definition) is 1. The Morgan fingerprint density at radius 3 is 2.94 bits per heavy atom. The molecule has 0 radical (unpaired) electrons. The van der Waals surface area contributed by atoms with Gasteiger partial charge in [-0.3, -0.25) is 4.90 Å². The topological polar surface area (TPSA) is 29.3 Å². The summed E-state index contributed by atoms with van der Waals surface area (Å²) >= 11 is 0. The molecule has 2 heteroatoms. The Morgan fingerprint density at radius 2 is 2.18 bits per heavy atom. The Kier molecular flexibility index (Phi) is 2.67. The lowest BCUT2D eigenvalue weighted by Gasteiger charge is -2.42. The number of likely N-dealkylation sites (N-methyl/N-ethyl adjacent to an activating group) is 1. The van der Waals surface area contributed by atoms with Crippen LogP contribution in [0.2, 0.25) is 0 Å². The summed E-state index contributed by atoms with van der Waals surface area (Å²) in [6.45, 7) is 0. The standard InChI is InChI=1S/C15H20N2/c1-17-14-6-3-7-15(17)10-12(9-14)11-4-2-5-13(16)8-11/h2,4-5,8-9,14-15H,3,6-7,10,16H2,1H3/t14-,15?/m0/s1. The lowest BCUT2D eigenvalue weighted by Crippen LogP contribution is -2.45. The molecule has 0 amide bonds. The van der Waals surface area contributed by atoms with Gasteiger partial charge in [-0.05, 0) is 49.6 Å². The van der Waals surface area contributed by atoms with Crippen LogP contribution in [0.15, 0.2) is 30.3 Å². The Bertz CT molecular complexity index is 450. The molecule has 1 fully saturated rings. The second-order valence-electron chi connectivity index (χ2n) is 5.34. The van der Waals surface area contributed by atoms with Gasteiger partial charge in [0.1, 0.15) is 0 Å². The first-order chi connectivity index (χ1) is 8.24. The highest BCUT2D eigenvalue weighted by molar-refractivity contribution is 5.70. The molecule has 1 unspecified atom stereocenters. The van der Waals surface area contributed by atoms with E-state index in [0.717, 1.165) is 11.7 Å². The molecule has 0 spiro atoms. The van der Waals surface area contributed by atoms with Gasteiger partial charge in [0.05, 0.1) is 0 Å². The van der Waals surface area contributed by atoms with Gasteiger partial charge in [-0.15, -0.1) is 0 Å². The normalized spacial score (nSPS) is 28.9. The lowest BCUT2D eigenvalue weighted by molar-refractivity contribution is 0.137. The number of nitrogens with zero attached hydrogens (tertiary/aromatic N) is 1. The molecule has 2 N–H and O–H groups in total. The first kappa shape index (κ1) is 10.8. The van der Waals surface area contributed by atoms with Crippen molar-refractivity contribution in [1.29, 1.82) is 0 Å². The van der Waals surface area contributed by atoms with E-state index in [2.05, 4.69) is 36.2 Å². The number of anilines is 1. The van der Waals surface area contributed by atoms with Gasteiger partial charge in [0.2, 0.25) is 0 Å². The predicted octanol–water partition coefficient (Wildman–Crippen LogP) is 2.91. The van der Waals surface area contributed by atoms with Crippen molar-refractivity contribution in [3.05, 3.63) is 35.9 Å². The molecular weight excluding hydrogens is 208 g/mol. The number of rotatable bonds is 1. The van der Waals surface area contributed by atoms with E-state index in [4.69, 9.17) is 5.73 Å². The molecule has 17 heavy (non-hydrogen) atoms. The second kappa shape index (κ2) is 4.19. The fourth-order valence-corrected chi connectivity index (χ4v) is 3.19. The van der Waals surface area contributed by atoms with Gasteiger partial charge in [0.15, 0.2) is 0 Å². The number of nitrogens with two attached hydrogens (primary N) is 1. The zero-order valence-corrected chi connectivity index (χ0v) is 10.4. The summed E-state index contributed by atoms with van der Waals surface area (Å²) < 4.78 is 0. The number of fused-ring (bicyclic) bond motifs is 2. The summed E-state index contributed by atoms with van der Waals surface area (Å²) in [5, 5.41) is 0. The zero-order chi connectivity index (χ0) is 11.8. The van der Waals surface area contributed by atoms with Gasteiger partial charge in [0.25, 0.3) is 0 Å². The monoisotopic (exact) mass is 228 g/mol. The van der Waals surface area contributed by atoms with Crippen molar-refractivity contribution >= 4 is 11.3 Å². The summed E-state index contributed by atoms with van der Waals surface area (Å²) in [5.41, 5.74) is 9.54. The average Bonchev–Trinajstić information content (AvgIpc) is 2.28. The third-order valence-corrected chi connectivity index (χ3v) is 4.24. The molecule has 0 aromatic heterocycles. The van der Waals surface area contributed by atoms with E-state index in [-0.39, 0.29) is 0 Å². The van der Waals surface area contributed by atoms with Crippen molar-refractivity contribution in [2.75, 3.05) is 12.8 Å². The van der Waals surface area contributed by atoms with E-state index in [0.29, 0.717) is 6.04 Å². The van der Waals surface area contributed by atoms with Crippen LogP contribution in [0.3, 0.4) is 0 Å². The van der Waals surface area contributed by atoms with Gasteiger partial charge in [-0.25, -0.2) is 0 Å². The van der Waals surface area contributed by atoms with Crippen LogP contribution in [0.4, 0.5) is 5.69 Å². The average molecular weight is 228 g/mol. The van der Waals surface area contributed by atoms with E-state index in [1.165, 1.54) is 36.8 Å². The smallest absolute Gasteiger partial charge is 0.0320 e. The number of hydrogen-bond acceptors (Lipinski definition) is 2. The summed E-state index contributed by atoms with van der Waals surface area (Å²) in [7, 11) is 2.27. The van der Waals surface area contributed by atoms with Crippen LogP contribution in [-0.2, 0) is 0 Å². The summed E-state index contributed by atoms with van der Waals surface area (Å²) in [6, 6.07) is 9.67. The van der Waals surface area contributed by atoms with Crippen molar-refractivity contribution in [2.24, 2.45) is 0 Å². The quantitative estimate of drug-likeness (QED) is 0.749. The predicted molar refractivity (Wildman–Crippen MR) is 72.6 cm³/mol. The number of piperidine rings is 1. The molecule has 0 aliphatic carbocycles. The zero-order valence-electron chi connectivity index (χ0n) is 10.4. The van der Waals surface area contributed by atoms with E-state index in [1.807, 2.05) is 6.07 Å². The molecule has 1 saturated heterocycles. The molecule has 2 heterocycles. The minimum atomic E-state index is 0.638. The van der Waals surface area contributed by atoms with Gasteiger partial charge < -0.3 is 5.73 Å². The minimum absolute atomic E-state index is 0.638. The molecule has 3 rings (SSSR count). The van der Waals surface area contributed by atoms with Crippen LogP contribution in [0.25, 0.3) is 5.57 Å². The Balaban J connectivity index is 1.94. The molecule has 90 valence electrons. The molecule has 1 aromatic carbocycles. The Morgan fingerprint density at radius 1 is 1.29 bits per heavy atom. The fraction of sp³-hybridized carbons (Fsp3) is 0.467. The van der Waals surface area contributed by atoms with E-state index < -0.39 is 0 Å². The van der Waals surface area contributed by atoms with Crippen LogP contribution < -0.4 is 5.73 Å². The van der Waals surface area contributed by atoms with Crippen molar-refractivity contribution in [3.8, 4) is 0 Å². The van der Waals surface area contributed by atoms with E-state index in [9.17, 15) is 0 Å². The third-order valence-electron chi connectivity index (χ3n) is 4.24. The van der Waals surface area contributed by atoms with Crippen molar-refractivity contribution < 1.29 is 0 Å². The lowest BCUT2D eigenvalue weighted by atomic mass is 9.83. The SMILES string of the molecule is CN1C2CCC[C@H]1C=C(c1cccc(N)c1)C2. The van der Waals surface area contributed by atoms with Gasteiger partial charge in [0, 0.05) is 17.8 Å². The molecule has 2 aliphatic rings. The largest absolute Gasteiger partial charge is 0.399 e. The first-order valence-corrected chi connectivity index (χ1v) is 6.52. The van der Waals surface area contributed by atoms with E-state index in [1.54, 1.807) is 0 Å².